The molecule has 1 aromatic heterocycles. The summed E-state index contributed by atoms with van der Waals surface area (Å²) in [4.78, 5) is 2.42. The number of fused-ring (bicyclic) bond motifs is 8. The maximum Gasteiger partial charge on any atom is 0.143 e. The van der Waals surface area contributed by atoms with E-state index in [9.17, 15) is 0 Å². The van der Waals surface area contributed by atoms with Crippen LogP contribution in [0.5, 0.6) is 0 Å². The van der Waals surface area contributed by atoms with Gasteiger partial charge in [0.15, 0.2) is 0 Å². The molecule has 0 fully saturated rings. The molecule has 0 saturated carbocycles. The second kappa shape index (κ2) is 12.5. The summed E-state index contributed by atoms with van der Waals surface area (Å²) in [6.07, 6.45) is 0. The molecule has 0 bridgehead atoms. The van der Waals surface area contributed by atoms with Crippen LogP contribution < -0.4 is 4.90 Å². The van der Waals surface area contributed by atoms with Crippen LogP contribution in [0, 0.1) is 0 Å². The Kier molecular flexibility index (Phi) is 7.11. The van der Waals surface area contributed by atoms with Crippen molar-refractivity contribution in [2.24, 2.45) is 0 Å². The summed E-state index contributed by atoms with van der Waals surface area (Å²) in [6.45, 7) is 0. The van der Waals surface area contributed by atoms with Gasteiger partial charge in [-0.05, 0) is 69.3 Å². The molecule has 0 spiro atoms. The van der Waals surface area contributed by atoms with Crippen LogP contribution in [0.1, 0.15) is 22.3 Å². The second-order valence-electron chi connectivity index (χ2n) is 14.4. The minimum Gasteiger partial charge on any atom is -0.455 e. The van der Waals surface area contributed by atoms with E-state index in [1.54, 1.807) is 0 Å². The number of para-hydroxylation sites is 3. The lowest BCUT2D eigenvalue weighted by Crippen LogP contribution is -2.28. The first-order valence-electron chi connectivity index (χ1n) is 18.9. The molecule has 0 amide bonds. The van der Waals surface area contributed by atoms with E-state index >= 15 is 0 Å². The van der Waals surface area contributed by atoms with Crippen molar-refractivity contribution in [3.8, 4) is 22.3 Å². The fraction of sp³-hybridized carbons (Fsp3) is 0.0189. The Balaban J connectivity index is 1.12. The number of anilines is 3. The van der Waals surface area contributed by atoms with E-state index in [0.29, 0.717) is 0 Å². The first-order valence-corrected chi connectivity index (χ1v) is 18.9. The van der Waals surface area contributed by atoms with Gasteiger partial charge in [-0.25, -0.2) is 0 Å². The molecule has 1 heterocycles. The van der Waals surface area contributed by atoms with Crippen molar-refractivity contribution in [3.05, 3.63) is 235 Å². The quantitative estimate of drug-likeness (QED) is 0.172. The van der Waals surface area contributed by atoms with Crippen molar-refractivity contribution >= 4 is 49.8 Å². The molecule has 10 aromatic rings. The molecule has 2 heteroatoms. The first-order chi connectivity index (χ1) is 27.3. The number of nitrogens with zero attached hydrogens (tertiary/aromatic N) is 1. The fourth-order valence-electron chi connectivity index (χ4n) is 9.22. The Morgan fingerprint density at radius 3 is 1.60 bits per heavy atom. The van der Waals surface area contributed by atoms with Crippen LogP contribution in [0.4, 0.5) is 17.1 Å². The maximum absolute atomic E-state index is 6.52. The van der Waals surface area contributed by atoms with E-state index in [1.807, 2.05) is 6.07 Å². The van der Waals surface area contributed by atoms with Crippen molar-refractivity contribution in [1.82, 2.24) is 0 Å². The number of benzene rings is 9. The van der Waals surface area contributed by atoms with Crippen molar-refractivity contribution in [1.29, 1.82) is 0 Å². The van der Waals surface area contributed by atoms with Gasteiger partial charge in [0, 0.05) is 32.8 Å². The minimum atomic E-state index is -0.440. The van der Waals surface area contributed by atoms with Gasteiger partial charge in [-0.2, -0.15) is 0 Å². The van der Waals surface area contributed by atoms with Crippen LogP contribution in [0.15, 0.2) is 217 Å². The second-order valence-corrected chi connectivity index (χ2v) is 14.4. The average molecular weight is 702 g/mol. The summed E-state index contributed by atoms with van der Waals surface area (Å²) in [5, 5.41) is 4.45. The molecule has 1 aliphatic carbocycles. The van der Waals surface area contributed by atoms with E-state index in [2.05, 4.69) is 211 Å². The van der Waals surface area contributed by atoms with Crippen LogP contribution in [0.3, 0.4) is 0 Å². The summed E-state index contributed by atoms with van der Waals surface area (Å²) in [7, 11) is 0. The van der Waals surface area contributed by atoms with Crippen LogP contribution >= 0.6 is 0 Å². The lowest BCUT2D eigenvalue weighted by Gasteiger charge is -2.34. The topological polar surface area (TPSA) is 16.4 Å². The molecular weight excluding hydrogens is 667 g/mol. The molecule has 2 nitrogen and oxygen atoms in total. The Hall–Kier alpha value is -7.16. The highest BCUT2D eigenvalue weighted by atomic mass is 16.3. The van der Waals surface area contributed by atoms with Gasteiger partial charge < -0.3 is 9.32 Å². The summed E-state index contributed by atoms with van der Waals surface area (Å²) in [5.74, 6) is 0. The Morgan fingerprint density at radius 2 is 0.891 bits per heavy atom. The van der Waals surface area contributed by atoms with Crippen LogP contribution in [0.25, 0.3) is 55.0 Å². The Bertz CT molecular complexity index is 2990. The van der Waals surface area contributed by atoms with Crippen LogP contribution in [0.2, 0.25) is 0 Å². The highest BCUT2D eigenvalue weighted by Crippen LogP contribution is 2.56. The van der Waals surface area contributed by atoms with Gasteiger partial charge in [-0.1, -0.05) is 182 Å². The van der Waals surface area contributed by atoms with E-state index in [0.717, 1.165) is 60.9 Å². The number of hydrogen-bond donors (Lipinski definition) is 0. The molecule has 9 aromatic carbocycles. The zero-order valence-corrected chi connectivity index (χ0v) is 30.1. The van der Waals surface area contributed by atoms with Crippen LogP contribution in [-0.4, -0.2) is 0 Å². The third-order valence-corrected chi connectivity index (χ3v) is 11.6. The molecule has 11 rings (SSSR count). The maximum atomic E-state index is 6.52. The third kappa shape index (κ3) is 4.68. The van der Waals surface area contributed by atoms with E-state index < -0.39 is 5.41 Å². The van der Waals surface area contributed by atoms with E-state index in [4.69, 9.17) is 4.42 Å². The van der Waals surface area contributed by atoms with Crippen molar-refractivity contribution < 1.29 is 4.42 Å². The third-order valence-electron chi connectivity index (χ3n) is 11.6. The van der Waals surface area contributed by atoms with E-state index in [-0.39, 0.29) is 0 Å². The lowest BCUT2D eigenvalue weighted by molar-refractivity contribution is 0.672. The van der Waals surface area contributed by atoms with Gasteiger partial charge in [0.25, 0.3) is 0 Å². The number of furan rings is 1. The largest absolute Gasteiger partial charge is 0.455 e. The first kappa shape index (κ1) is 31.4. The molecule has 0 unspecified atom stereocenters. The molecule has 55 heavy (non-hydrogen) atoms. The molecule has 1 aliphatic rings. The lowest BCUT2D eigenvalue weighted by atomic mass is 9.67. The molecule has 258 valence electrons. The van der Waals surface area contributed by atoms with Crippen molar-refractivity contribution in [3.63, 3.8) is 0 Å². The SMILES string of the molecule is c1ccc(N(c2ccccc2-c2ccc(C3(c4ccccc4)c4ccccc4-c4ccccc43)cc2)c2cc3c4ccccc4oc3c3ccccc23)cc1. The minimum absolute atomic E-state index is 0.440. The smallest absolute Gasteiger partial charge is 0.143 e. The zero-order chi connectivity index (χ0) is 36.3. The Labute approximate surface area is 320 Å². The molecular formula is C53H35NO. The monoisotopic (exact) mass is 701 g/mol. The predicted molar refractivity (Wildman–Crippen MR) is 229 cm³/mol. The van der Waals surface area contributed by atoms with Gasteiger partial charge >= 0.3 is 0 Å². The highest BCUT2D eigenvalue weighted by Gasteiger charge is 2.45. The van der Waals surface area contributed by atoms with Gasteiger partial charge in [-0.3, -0.25) is 0 Å². The number of hydrogen-bond acceptors (Lipinski definition) is 2. The molecule has 0 atom stereocenters. The van der Waals surface area contributed by atoms with Crippen molar-refractivity contribution in [2.75, 3.05) is 4.90 Å². The van der Waals surface area contributed by atoms with Gasteiger partial charge in [0.1, 0.15) is 11.2 Å². The molecule has 0 radical (unpaired) electrons. The summed E-state index contributed by atoms with van der Waals surface area (Å²) in [6, 6.07) is 77.0. The summed E-state index contributed by atoms with van der Waals surface area (Å²) >= 11 is 0. The van der Waals surface area contributed by atoms with E-state index in [1.165, 1.54) is 33.4 Å². The Morgan fingerprint density at radius 1 is 0.364 bits per heavy atom. The highest BCUT2D eigenvalue weighted by molar-refractivity contribution is 6.20. The molecule has 0 N–H and O–H groups in total. The normalized spacial score (nSPS) is 12.9. The van der Waals surface area contributed by atoms with Gasteiger partial charge in [0.05, 0.1) is 16.8 Å². The van der Waals surface area contributed by atoms with Gasteiger partial charge in [-0.15, -0.1) is 0 Å². The predicted octanol–water partition coefficient (Wildman–Crippen LogP) is 14.2. The molecule has 0 saturated heterocycles. The number of rotatable bonds is 6. The average Bonchev–Trinajstić information content (AvgIpc) is 3.79. The van der Waals surface area contributed by atoms with Crippen molar-refractivity contribution in [2.45, 2.75) is 5.41 Å². The standard InChI is InChI=1S/C53H35NO/c1-3-17-37(18-4-1)53(47-27-13-9-22-41(47)42-23-10-14-28-48(42)53)38-33-31-36(32-34-38)40-21-11-15-29-49(40)54(39-19-5-2-6-20-39)50-35-46-44-25-12-16-30-51(44)55-52(46)45-26-8-7-24-43(45)50/h1-35H. The molecule has 0 aliphatic heterocycles. The fourth-order valence-corrected chi connectivity index (χ4v) is 9.22. The van der Waals surface area contributed by atoms with Gasteiger partial charge in [0.2, 0.25) is 0 Å². The van der Waals surface area contributed by atoms with Crippen LogP contribution in [-0.2, 0) is 5.41 Å². The summed E-state index contributed by atoms with van der Waals surface area (Å²) < 4.78 is 6.52. The summed E-state index contributed by atoms with van der Waals surface area (Å²) in [5.41, 5.74) is 14.7. The zero-order valence-electron chi connectivity index (χ0n) is 30.1.